The second kappa shape index (κ2) is 8.12. The van der Waals surface area contributed by atoms with Crippen molar-refractivity contribution in [3.8, 4) is 0 Å². The number of hydrogen-bond acceptors (Lipinski definition) is 4. The van der Waals surface area contributed by atoms with E-state index in [1.165, 1.54) is 16.2 Å². The van der Waals surface area contributed by atoms with Crippen molar-refractivity contribution in [3.05, 3.63) is 20.8 Å². The maximum Gasteiger partial charge on any atom is 0.264 e. The topological polar surface area (TPSA) is 66.6 Å². The third kappa shape index (κ3) is 4.95. The maximum absolute atomic E-state index is 12.2. The van der Waals surface area contributed by atoms with E-state index in [4.69, 9.17) is 5.73 Å². The Morgan fingerprint density at radius 1 is 1.52 bits per heavy atom. The Morgan fingerprint density at radius 3 is 2.81 bits per heavy atom. The number of halogens is 2. The molecule has 1 saturated heterocycles. The second-order valence-corrected chi connectivity index (χ2v) is 7.47. The lowest BCUT2D eigenvalue weighted by Crippen LogP contribution is -2.49. The van der Waals surface area contributed by atoms with Crippen molar-refractivity contribution in [1.29, 1.82) is 0 Å². The highest BCUT2D eigenvalue weighted by atomic mass is 79.9. The van der Waals surface area contributed by atoms with Crippen molar-refractivity contribution < 1.29 is 9.59 Å². The average Bonchev–Trinajstić information content (AvgIpc) is 2.84. The number of carbonyl (C=O) groups is 2. The lowest BCUT2D eigenvalue weighted by molar-refractivity contribution is -0.132. The van der Waals surface area contributed by atoms with E-state index >= 15 is 0 Å². The SMILES string of the molecule is CN(CC(=O)N1CCCC(N)C1)C(=O)c1ccc(Br)s1.Cl. The monoisotopic (exact) mass is 395 g/mol. The molecule has 21 heavy (non-hydrogen) atoms. The van der Waals surface area contributed by atoms with Crippen LogP contribution >= 0.6 is 39.7 Å². The van der Waals surface area contributed by atoms with Gasteiger partial charge in [0.15, 0.2) is 0 Å². The average molecular weight is 397 g/mol. The molecule has 118 valence electrons. The molecule has 0 aliphatic carbocycles. The zero-order chi connectivity index (χ0) is 14.7. The van der Waals surface area contributed by atoms with Crippen LogP contribution in [0, 0.1) is 0 Å². The van der Waals surface area contributed by atoms with E-state index < -0.39 is 0 Å². The van der Waals surface area contributed by atoms with E-state index in [2.05, 4.69) is 15.9 Å². The quantitative estimate of drug-likeness (QED) is 0.849. The maximum atomic E-state index is 12.2. The third-order valence-corrected chi connectivity index (χ3v) is 4.93. The van der Waals surface area contributed by atoms with Crippen molar-refractivity contribution in [2.45, 2.75) is 18.9 Å². The summed E-state index contributed by atoms with van der Waals surface area (Å²) < 4.78 is 0.905. The van der Waals surface area contributed by atoms with Crippen LogP contribution in [-0.2, 0) is 4.79 Å². The Balaban J connectivity index is 0.00000220. The fourth-order valence-electron chi connectivity index (χ4n) is 2.23. The van der Waals surface area contributed by atoms with Crippen LogP contribution in [0.4, 0.5) is 0 Å². The van der Waals surface area contributed by atoms with Crippen LogP contribution in [0.2, 0.25) is 0 Å². The Hall–Kier alpha value is -0.630. The second-order valence-electron chi connectivity index (χ2n) is 5.01. The van der Waals surface area contributed by atoms with Gasteiger partial charge in [-0.05, 0) is 40.9 Å². The molecule has 2 heterocycles. The van der Waals surface area contributed by atoms with Gasteiger partial charge in [-0.1, -0.05) is 0 Å². The number of likely N-dealkylation sites (N-methyl/N-ethyl adjacent to an activating group) is 1. The van der Waals surface area contributed by atoms with Crippen LogP contribution in [0.5, 0.6) is 0 Å². The summed E-state index contributed by atoms with van der Waals surface area (Å²) in [4.78, 5) is 28.2. The van der Waals surface area contributed by atoms with Gasteiger partial charge in [-0.2, -0.15) is 0 Å². The standard InChI is InChI=1S/C13H18BrN3O2S.ClH/c1-16(13(19)10-4-5-11(14)20-10)8-12(18)17-6-2-3-9(15)7-17;/h4-5,9H,2-3,6-8,15H2,1H3;1H. The highest BCUT2D eigenvalue weighted by Gasteiger charge is 2.24. The molecular weight excluding hydrogens is 378 g/mol. The van der Waals surface area contributed by atoms with E-state index in [1.807, 2.05) is 6.07 Å². The summed E-state index contributed by atoms with van der Waals surface area (Å²) >= 11 is 4.70. The summed E-state index contributed by atoms with van der Waals surface area (Å²) in [6.45, 7) is 1.42. The van der Waals surface area contributed by atoms with E-state index in [0.29, 0.717) is 11.4 Å². The number of carbonyl (C=O) groups excluding carboxylic acids is 2. The van der Waals surface area contributed by atoms with Crippen LogP contribution < -0.4 is 5.73 Å². The van der Waals surface area contributed by atoms with E-state index in [9.17, 15) is 9.59 Å². The van der Waals surface area contributed by atoms with Gasteiger partial charge in [0.05, 0.1) is 15.2 Å². The summed E-state index contributed by atoms with van der Waals surface area (Å²) in [5.41, 5.74) is 5.87. The minimum atomic E-state index is -0.129. The molecule has 1 aliphatic rings. The molecule has 0 radical (unpaired) electrons. The van der Waals surface area contributed by atoms with E-state index in [-0.39, 0.29) is 36.8 Å². The first-order chi connectivity index (χ1) is 9.47. The van der Waals surface area contributed by atoms with Gasteiger partial charge >= 0.3 is 0 Å². The molecular formula is C13H19BrClN3O2S. The predicted molar refractivity (Wildman–Crippen MR) is 90.0 cm³/mol. The Labute approximate surface area is 143 Å². The number of amides is 2. The third-order valence-electron chi connectivity index (χ3n) is 3.31. The van der Waals surface area contributed by atoms with Crippen molar-refractivity contribution in [2.75, 3.05) is 26.7 Å². The summed E-state index contributed by atoms with van der Waals surface area (Å²) in [6, 6.07) is 3.65. The van der Waals surface area contributed by atoms with Crippen molar-refractivity contribution >= 4 is 51.5 Å². The van der Waals surface area contributed by atoms with Crippen LogP contribution in [-0.4, -0.2) is 54.3 Å². The highest BCUT2D eigenvalue weighted by Crippen LogP contribution is 2.23. The van der Waals surface area contributed by atoms with Gasteiger partial charge in [-0.25, -0.2) is 0 Å². The molecule has 1 fully saturated rings. The molecule has 1 aromatic rings. The van der Waals surface area contributed by atoms with Crippen LogP contribution in [0.25, 0.3) is 0 Å². The van der Waals surface area contributed by atoms with Crippen LogP contribution in [0.3, 0.4) is 0 Å². The summed E-state index contributed by atoms with van der Waals surface area (Å²) in [6.07, 6.45) is 1.89. The van der Waals surface area contributed by atoms with Gasteiger partial charge in [-0.3, -0.25) is 9.59 Å². The number of nitrogens with zero attached hydrogens (tertiary/aromatic N) is 2. The van der Waals surface area contributed by atoms with Crippen molar-refractivity contribution in [2.24, 2.45) is 5.73 Å². The molecule has 1 aliphatic heterocycles. The van der Waals surface area contributed by atoms with Gasteiger partial charge in [0.25, 0.3) is 5.91 Å². The summed E-state index contributed by atoms with van der Waals surface area (Å²) in [7, 11) is 1.65. The van der Waals surface area contributed by atoms with Gasteiger partial charge in [-0.15, -0.1) is 23.7 Å². The molecule has 2 rings (SSSR count). The van der Waals surface area contributed by atoms with Gasteiger partial charge in [0.1, 0.15) is 0 Å². The number of nitrogens with two attached hydrogens (primary N) is 1. The smallest absolute Gasteiger partial charge is 0.264 e. The predicted octanol–water partition coefficient (Wildman–Crippen LogP) is 1.95. The minimum Gasteiger partial charge on any atom is -0.340 e. The molecule has 8 heteroatoms. The number of hydrogen-bond donors (Lipinski definition) is 1. The first kappa shape index (κ1) is 18.4. The fraction of sp³-hybridized carbons (Fsp3) is 0.538. The summed E-state index contributed by atoms with van der Waals surface area (Å²) in [5.74, 6) is -0.165. The zero-order valence-electron chi connectivity index (χ0n) is 11.8. The molecule has 1 unspecified atom stereocenters. The Kier molecular flexibility index (Phi) is 7.12. The lowest BCUT2D eigenvalue weighted by Gasteiger charge is -2.32. The number of piperidine rings is 1. The molecule has 2 amide bonds. The molecule has 0 bridgehead atoms. The Morgan fingerprint density at radius 2 is 2.24 bits per heavy atom. The largest absolute Gasteiger partial charge is 0.340 e. The zero-order valence-corrected chi connectivity index (χ0v) is 15.0. The highest BCUT2D eigenvalue weighted by molar-refractivity contribution is 9.11. The minimum absolute atomic E-state index is 0. The first-order valence-electron chi connectivity index (χ1n) is 6.51. The molecule has 1 aromatic heterocycles. The first-order valence-corrected chi connectivity index (χ1v) is 8.12. The van der Waals surface area contributed by atoms with Crippen molar-refractivity contribution in [3.63, 3.8) is 0 Å². The molecule has 2 N–H and O–H groups in total. The van der Waals surface area contributed by atoms with Gasteiger partial charge in [0.2, 0.25) is 5.91 Å². The lowest BCUT2D eigenvalue weighted by atomic mass is 10.1. The molecule has 0 spiro atoms. The number of thiophene rings is 1. The van der Waals surface area contributed by atoms with Crippen LogP contribution in [0.1, 0.15) is 22.5 Å². The van der Waals surface area contributed by atoms with Gasteiger partial charge in [0, 0.05) is 26.2 Å². The van der Waals surface area contributed by atoms with Crippen LogP contribution in [0.15, 0.2) is 15.9 Å². The molecule has 5 nitrogen and oxygen atoms in total. The molecule has 0 saturated carbocycles. The van der Waals surface area contributed by atoms with Gasteiger partial charge < -0.3 is 15.5 Å². The number of rotatable bonds is 3. The van der Waals surface area contributed by atoms with E-state index in [0.717, 1.165) is 23.2 Å². The fourth-order valence-corrected chi connectivity index (χ4v) is 3.61. The number of likely N-dealkylation sites (tertiary alicyclic amines) is 1. The normalized spacial score (nSPS) is 18.0. The Bertz CT molecular complexity index is 511. The molecule has 0 aromatic carbocycles. The summed E-state index contributed by atoms with van der Waals surface area (Å²) in [5, 5.41) is 0. The van der Waals surface area contributed by atoms with E-state index in [1.54, 1.807) is 18.0 Å². The van der Waals surface area contributed by atoms with Crippen molar-refractivity contribution in [1.82, 2.24) is 9.80 Å². The molecule has 1 atom stereocenters.